The summed E-state index contributed by atoms with van der Waals surface area (Å²) in [5, 5.41) is 6.57. The molecular weight excluding hydrogens is 288 g/mol. The molecule has 124 valence electrons. The van der Waals surface area contributed by atoms with E-state index in [1.54, 1.807) is 7.05 Å². The fourth-order valence-electron chi connectivity index (χ4n) is 2.24. The molecule has 1 saturated heterocycles. The van der Waals surface area contributed by atoms with Crippen LogP contribution in [0, 0.1) is 5.92 Å². The predicted octanol–water partition coefficient (Wildman–Crippen LogP) is 0.318. The summed E-state index contributed by atoms with van der Waals surface area (Å²) in [6.07, 6.45) is 2.36. The second-order valence-corrected chi connectivity index (χ2v) is 8.26. The van der Waals surface area contributed by atoms with E-state index in [0.29, 0.717) is 13.1 Å². The number of hydrogen-bond acceptors (Lipinski definition) is 4. The van der Waals surface area contributed by atoms with Gasteiger partial charge in [0.05, 0.1) is 11.5 Å². The third kappa shape index (κ3) is 8.26. The maximum absolute atomic E-state index is 11.3. The Morgan fingerprint density at radius 2 is 1.81 bits per heavy atom. The molecule has 1 aliphatic heterocycles. The Balaban J connectivity index is 2.12. The lowest BCUT2D eigenvalue weighted by atomic mass is 10.1. The monoisotopic (exact) mass is 318 g/mol. The summed E-state index contributed by atoms with van der Waals surface area (Å²) >= 11 is 0. The molecule has 0 radical (unpaired) electrons. The first-order valence-corrected chi connectivity index (χ1v) is 9.62. The van der Waals surface area contributed by atoms with Crippen molar-refractivity contribution >= 4 is 15.8 Å². The quantitative estimate of drug-likeness (QED) is 0.402. The highest BCUT2D eigenvalue weighted by molar-refractivity contribution is 7.91. The number of nitrogens with zero attached hydrogens (tertiary/aromatic N) is 2. The first-order valence-electron chi connectivity index (χ1n) is 7.80. The van der Waals surface area contributed by atoms with Crippen molar-refractivity contribution in [1.82, 2.24) is 15.5 Å². The van der Waals surface area contributed by atoms with Gasteiger partial charge >= 0.3 is 0 Å². The molecule has 2 N–H and O–H groups in total. The van der Waals surface area contributed by atoms with Gasteiger partial charge in [-0.3, -0.25) is 9.89 Å². The van der Waals surface area contributed by atoms with Crippen LogP contribution in [-0.4, -0.2) is 70.6 Å². The topological polar surface area (TPSA) is 73.8 Å². The van der Waals surface area contributed by atoms with Gasteiger partial charge in [-0.1, -0.05) is 13.8 Å². The van der Waals surface area contributed by atoms with Gasteiger partial charge in [0.2, 0.25) is 0 Å². The van der Waals surface area contributed by atoms with E-state index < -0.39 is 9.84 Å². The van der Waals surface area contributed by atoms with Crippen LogP contribution < -0.4 is 10.6 Å². The summed E-state index contributed by atoms with van der Waals surface area (Å²) in [6.45, 7) is 8.30. The molecule has 6 nitrogen and oxygen atoms in total. The molecule has 0 aromatic rings. The van der Waals surface area contributed by atoms with Crippen molar-refractivity contribution in [3.8, 4) is 0 Å². The highest BCUT2D eigenvalue weighted by atomic mass is 32.2. The fourth-order valence-corrected chi connectivity index (χ4v) is 3.52. The van der Waals surface area contributed by atoms with E-state index in [4.69, 9.17) is 0 Å². The molecule has 0 aliphatic carbocycles. The summed E-state index contributed by atoms with van der Waals surface area (Å²) in [5.41, 5.74) is 0. The summed E-state index contributed by atoms with van der Waals surface area (Å²) in [5.74, 6) is 2.13. The van der Waals surface area contributed by atoms with Crippen LogP contribution in [0.4, 0.5) is 0 Å². The zero-order chi connectivity index (χ0) is 15.7. The predicted molar refractivity (Wildman–Crippen MR) is 88.5 cm³/mol. The van der Waals surface area contributed by atoms with Crippen LogP contribution in [0.5, 0.6) is 0 Å². The normalized spacial score (nSPS) is 19.7. The Bertz CT molecular complexity index is 407. The van der Waals surface area contributed by atoms with Crippen molar-refractivity contribution in [2.24, 2.45) is 10.9 Å². The van der Waals surface area contributed by atoms with Gasteiger partial charge < -0.3 is 10.6 Å². The lowest BCUT2D eigenvalue weighted by molar-refractivity contribution is 0.299. The minimum Gasteiger partial charge on any atom is -0.356 e. The largest absolute Gasteiger partial charge is 0.356 e. The Kier molecular flexibility index (Phi) is 8.03. The van der Waals surface area contributed by atoms with Crippen LogP contribution in [0.25, 0.3) is 0 Å². The van der Waals surface area contributed by atoms with Gasteiger partial charge in [0.15, 0.2) is 15.8 Å². The molecule has 0 bridgehead atoms. The number of nitrogens with one attached hydrogen (secondary N) is 2. The van der Waals surface area contributed by atoms with Crippen molar-refractivity contribution in [2.45, 2.75) is 26.7 Å². The van der Waals surface area contributed by atoms with E-state index in [1.165, 1.54) is 6.42 Å². The van der Waals surface area contributed by atoms with Crippen LogP contribution in [0.2, 0.25) is 0 Å². The van der Waals surface area contributed by atoms with Crippen LogP contribution in [0.15, 0.2) is 4.99 Å². The van der Waals surface area contributed by atoms with Crippen molar-refractivity contribution in [2.75, 3.05) is 51.3 Å². The van der Waals surface area contributed by atoms with Gasteiger partial charge in [-0.05, 0) is 18.8 Å². The molecule has 0 aromatic carbocycles. The third-order valence-corrected chi connectivity index (χ3v) is 5.24. The summed E-state index contributed by atoms with van der Waals surface area (Å²) < 4.78 is 22.7. The number of hydrogen-bond donors (Lipinski definition) is 2. The molecule has 1 heterocycles. The lowest BCUT2D eigenvalue weighted by Gasteiger charge is -2.26. The Morgan fingerprint density at radius 3 is 2.38 bits per heavy atom. The molecule has 21 heavy (non-hydrogen) atoms. The Morgan fingerprint density at radius 1 is 1.19 bits per heavy atom. The molecule has 1 aliphatic rings. The summed E-state index contributed by atoms with van der Waals surface area (Å²) in [6, 6.07) is 0. The molecule has 1 fully saturated rings. The minimum absolute atomic E-state index is 0.287. The Hall–Kier alpha value is -0.820. The van der Waals surface area contributed by atoms with Gasteiger partial charge in [-0.2, -0.15) is 0 Å². The van der Waals surface area contributed by atoms with E-state index in [1.807, 2.05) is 0 Å². The van der Waals surface area contributed by atoms with Crippen molar-refractivity contribution in [1.29, 1.82) is 0 Å². The molecule has 0 atom stereocenters. The lowest BCUT2D eigenvalue weighted by Crippen LogP contribution is -2.46. The standard InChI is InChI=1S/C14H30N4O2S/c1-13(2)5-4-6-16-14(15-3)17-7-8-18-9-11-21(19,20)12-10-18/h13H,4-12H2,1-3H3,(H2,15,16,17). The molecule has 0 amide bonds. The second-order valence-electron chi connectivity index (χ2n) is 5.96. The van der Waals surface area contributed by atoms with Gasteiger partial charge in [-0.25, -0.2) is 8.42 Å². The van der Waals surface area contributed by atoms with Crippen molar-refractivity contribution < 1.29 is 8.42 Å². The number of rotatable bonds is 7. The van der Waals surface area contributed by atoms with Crippen LogP contribution in [0.1, 0.15) is 26.7 Å². The summed E-state index contributed by atoms with van der Waals surface area (Å²) in [4.78, 5) is 6.37. The van der Waals surface area contributed by atoms with Crippen molar-refractivity contribution in [3.63, 3.8) is 0 Å². The first kappa shape index (κ1) is 18.2. The number of sulfone groups is 1. The molecule has 0 unspecified atom stereocenters. The van der Waals surface area contributed by atoms with Crippen LogP contribution >= 0.6 is 0 Å². The molecule has 0 spiro atoms. The van der Waals surface area contributed by atoms with E-state index in [-0.39, 0.29) is 11.5 Å². The van der Waals surface area contributed by atoms with Crippen molar-refractivity contribution in [3.05, 3.63) is 0 Å². The maximum Gasteiger partial charge on any atom is 0.191 e. The first-order chi connectivity index (χ1) is 9.93. The van der Waals surface area contributed by atoms with Crippen LogP contribution in [-0.2, 0) is 9.84 Å². The Labute approximate surface area is 129 Å². The van der Waals surface area contributed by atoms with Gasteiger partial charge in [-0.15, -0.1) is 0 Å². The van der Waals surface area contributed by atoms with E-state index in [2.05, 4.69) is 34.4 Å². The molecule has 1 rings (SSSR count). The molecule has 0 saturated carbocycles. The third-order valence-electron chi connectivity index (χ3n) is 3.63. The molecule has 0 aromatic heterocycles. The number of aliphatic imine (C=N–C) groups is 1. The van der Waals surface area contributed by atoms with Gasteiger partial charge in [0.1, 0.15) is 0 Å². The van der Waals surface area contributed by atoms with Gasteiger partial charge in [0.25, 0.3) is 0 Å². The average Bonchev–Trinajstić information content (AvgIpc) is 2.43. The van der Waals surface area contributed by atoms with E-state index in [9.17, 15) is 8.42 Å². The highest BCUT2D eigenvalue weighted by Gasteiger charge is 2.20. The molecular formula is C14H30N4O2S. The van der Waals surface area contributed by atoms with Gasteiger partial charge in [0, 0.05) is 39.8 Å². The SMILES string of the molecule is CN=C(NCCCC(C)C)NCCN1CCS(=O)(=O)CC1. The zero-order valence-corrected chi connectivity index (χ0v) is 14.4. The van der Waals surface area contributed by atoms with E-state index >= 15 is 0 Å². The zero-order valence-electron chi connectivity index (χ0n) is 13.6. The highest BCUT2D eigenvalue weighted by Crippen LogP contribution is 2.03. The number of guanidine groups is 1. The smallest absolute Gasteiger partial charge is 0.191 e. The summed E-state index contributed by atoms with van der Waals surface area (Å²) in [7, 11) is -1.01. The van der Waals surface area contributed by atoms with E-state index in [0.717, 1.165) is 37.9 Å². The maximum atomic E-state index is 11.3. The minimum atomic E-state index is -2.78. The fraction of sp³-hybridized carbons (Fsp3) is 0.929. The molecule has 7 heteroatoms. The van der Waals surface area contributed by atoms with Crippen LogP contribution in [0.3, 0.4) is 0 Å². The second kappa shape index (κ2) is 9.25. The average molecular weight is 318 g/mol.